The van der Waals surface area contributed by atoms with Gasteiger partial charge in [-0.05, 0) is 25.1 Å². The van der Waals surface area contributed by atoms with E-state index >= 15 is 0 Å². The Labute approximate surface area is 175 Å². The molecule has 11 heteroatoms. The second kappa shape index (κ2) is 7.85. The fourth-order valence-electron chi connectivity index (χ4n) is 2.99. The molecule has 1 aliphatic heterocycles. The second-order valence-electron chi connectivity index (χ2n) is 7.17. The summed E-state index contributed by atoms with van der Waals surface area (Å²) in [5, 5.41) is 2.40. The summed E-state index contributed by atoms with van der Waals surface area (Å²) in [6.07, 6.45) is -4.38. The van der Waals surface area contributed by atoms with E-state index in [1.54, 1.807) is 0 Å². The van der Waals surface area contributed by atoms with Crippen LogP contribution in [0, 0.1) is 5.41 Å². The minimum Gasteiger partial charge on any atom is -0.455 e. The molecule has 2 fully saturated rings. The molecule has 3 rings (SSSR count). The van der Waals surface area contributed by atoms with Crippen LogP contribution >= 0.6 is 23.2 Å². The molecule has 1 saturated heterocycles. The van der Waals surface area contributed by atoms with Crippen LogP contribution in [0.15, 0.2) is 18.2 Å². The van der Waals surface area contributed by atoms with E-state index in [9.17, 15) is 22.8 Å². The maximum Gasteiger partial charge on any atom is 0.416 e. The van der Waals surface area contributed by atoms with Gasteiger partial charge in [-0.3, -0.25) is 9.59 Å². The SMILES string of the molecule is C[C@@]1(C(=O)OCC(=O)Nc2cc(C(F)(F)F)ccc2N2CCOCC2)CC1(Cl)Cl. The van der Waals surface area contributed by atoms with Gasteiger partial charge in [0.1, 0.15) is 9.75 Å². The number of morpholine rings is 1. The highest BCUT2D eigenvalue weighted by atomic mass is 35.5. The van der Waals surface area contributed by atoms with Crippen LogP contribution in [0.1, 0.15) is 18.9 Å². The lowest BCUT2D eigenvalue weighted by Gasteiger charge is -2.31. The number of benzene rings is 1. The molecular formula is C18H19Cl2F3N2O4. The van der Waals surface area contributed by atoms with Crippen molar-refractivity contribution >= 4 is 46.5 Å². The summed E-state index contributed by atoms with van der Waals surface area (Å²) in [6, 6.07) is 3.11. The number of nitrogens with one attached hydrogen (secondary N) is 1. The molecule has 0 radical (unpaired) electrons. The number of nitrogens with zero attached hydrogens (tertiary/aromatic N) is 1. The van der Waals surface area contributed by atoms with Crippen LogP contribution in [0.5, 0.6) is 0 Å². The zero-order valence-electron chi connectivity index (χ0n) is 15.4. The third-order valence-corrected chi connectivity index (χ3v) is 6.09. The first-order valence-electron chi connectivity index (χ1n) is 8.83. The summed E-state index contributed by atoms with van der Waals surface area (Å²) in [6.45, 7) is 2.62. The highest BCUT2D eigenvalue weighted by molar-refractivity contribution is 6.53. The quantitative estimate of drug-likeness (QED) is 0.543. The lowest BCUT2D eigenvalue weighted by atomic mass is 10.1. The predicted octanol–water partition coefficient (Wildman–Crippen LogP) is 3.61. The lowest BCUT2D eigenvalue weighted by molar-refractivity contribution is -0.152. The molecule has 0 bridgehead atoms. The smallest absolute Gasteiger partial charge is 0.416 e. The first kappa shape index (κ1) is 22.0. The molecule has 0 aromatic heterocycles. The second-order valence-corrected chi connectivity index (χ2v) is 8.65. The summed E-state index contributed by atoms with van der Waals surface area (Å²) < 4.78 is 48.3. The van der Waals surface area contributed by atoms with Crippen molar-refractivity contribution < 1.29 is 32.2 Å². The molecular weight excluding hydrogens is 436 g/mol. The third-order valence-electron chi connectivity index (χ3n) is 4.99. The van der Waals surface area contributed by atoms with Crippen LogP contribution in [0.2, 0.25) is 0 Å². The Kier molecular flexibility index (Phi) is 5.95. The van der Waals surface area contributed by atoms with E-state index in [1.807, 2.05) is 4.90 Å². The topological polar surface area (TPSA) is 67.9 Å². The van der Waals surface area contributed by atoms with Crippen LogP contribution in [0.3, 0.4) is 0 Å². The average molecular weight is 455 g/mol. The number of carbonyl (C=O) groups excluding carboxylic acids is 2. The van der Waals surface area contributed by atoms with Crippen molar-refractivity contribution in [1.29, 1.82) is 0 Å². The summed E-state index contributed by atoms with van der Waals surface area (Å²) >= 11 is 11.8. The Morgan fingerprint density at radius 2 is 1.90 bits per heavy atom. The number of ether oxygens (including phenoxy) is 2. The van der Waals surface area contributed by atoms with Crippen LogP contribution in [0.25, 0.3) is 0 Å². The maximum absolute atomic E-state index is 13.1. The number of rotatable bonds is 5. The van der Waals surface area contributed by atoms with Crippen molar-refractivity contribution in [3.05, 3.63) is 23.8 Å². The van der Waals surface area contributed by atoms with E-state index in [4.69, 9.17) is 32.7 Å². The van der Waals surface area contributed by atoms with Gasteiger partial charge in [-0.2, -0.15) is 13.2 Å². The molecule has 0 unspecified atom stereocenters. The average Bonchev–Trinajstić information content (AvgIpc) is 3.18. The van der Waals surface area contributed by atoms with E-state index in [-0.39, 0.29) is 12.1 Å². The Balaban J connectivity index is 1.72. The first-order valence-corrected chi connectivity index (χ1v) is 9.58. The van der Waals surface area contributed by atoms with Gasteiger partial charge >= 0.3 is 12.1 Å². The van der Waals surface area contributed by atoms with Crippen molar-refractivity contribution in [2.75, 3.05) is 43.1 Å². The molecule has 1 heterocycles. The van der Waals surface area contributed by atoms with E-state index in [0.717, 1.165) is 12.1 Å². The fourth-order valence-corrected chi connectivity index (χ4v) is 3.68. The van der Waals surface area contributed by atoms with Gasteiger partial charge in [0.25, 0.3) is 5.91 Å². The zero-order chi connectivity index (χ0) is 21.4. The van der Waals surface area contributed by atoms with Crippen LogP contribution in [0.4, 0.5) is 24.5 Å². The summed E-state index contributed by atoms with van der Waals surface area (Å²) in [5.41, 5.74) is -1.60. The Bertz CT molecular complexity index is 813. The molecule has 1 aromatic carbocycles. The van der Waals surface area contributed by atoms with Gasteiger partial charge in [0.2, 0.25) is 0 Å². The fraction of sp³-hybridized carbons (Fsp3) is 0.556. The van der Waals surface area contributed by atoms with Crippen molar-refractivity contribution in [2.24, 2.45) is 5.41 Å². The Hall–Kier alpha value is -1.71. The number of carbonyl (C=O) groups is 2. The zero-order valence-corrected chi connectivity index (χ0v) is 17.0. The molecule has 29 heavy (non-hydrogen) atoms. The standard InChI is InChI=1S/C18H19Cl2F3N2O4/c1-16(10-17(16,19)20)15(27)29-9-14(26)24-12-8-11(18(21,22)23)2-3-13(12)25-4-6-28-7-5-25/h2-3,8H,4-7,9-10H2,1H3,(H,24,26)/t16-/m0/s1. The van der Waals surface area contributed by atoms with E-state index in [1.165, 1.54) is 13.0 Å². The lowest BCUT2D eigenvalue weighted by Crippen LogP contribution is -2.37. The van der Waals surface area contributed by atoms with Gasteiger partial charge in [-0.25, -0.2) is 0 Å². The Morgan fingerprint density at radius 3 is 2.45 bits per heavy atom. The van der Waals surface area contributed by atoms with Crippen molar-refractivity contribution in [3.63, 3.8) is 0 Å². The molecule has 1 N–H and O–H groups in total. The predicted molar refractivity (Wildman–Crippen MR) is 101 cm³/mol. The van der Waals surface area contributed by atoms with Gasteiger partial charge in [0.15, 0.2) is 6.61 Å². The largest absolute Gasteiger partial charge is 0.455 e. The number of hydrogen-bond acceptors (Lipinski definition) is 5. The normalized spacial score (nSPS) is 23.4. The third kappa shape index (κ3) is 4.73. The molecule has 6 nitrogen and oxygen atoms in total. The van der Waals surface area contributed by atoms with Crippen molar-refractivity contribution in [3.8, 4) is 0 Å². The highest BCUT2D eigenvalue weighted by Gasteiger charge is 2.69. The molecule has 1 aromatic rings. The van der Waals surface area contributed by atoms with Gasteiger partial charge in [-0.15, -0.1) is 23.2 Å². The molecule has 1 aliphatic carbocycles. The number of alkyl halides is 5. The number of esters is 1. The first-order chi connectivity index (χ1) is 13.4. The van der Waals surface area contributed by atoms with E-state index < -0.39 is 40.0 Å². The molecule has 2 aliphatic rings. The van der Waals surface area contributed by atoms with Crippen LogP contribution in [-0.4, -0.2) is 49.1 Å². The number of hydrogen-bond donors (Lipinski definition) is 1. The monoisotopic (exact) mass is 454 g/mol. The highest BCUT2D eigenvalue weighted by Crippen LogP contribution is 2.64. The van der Waals surface area contributed by atoms with Gasteiger partial charge in [0.05, 0.1) is 30.2 Å². The van der Waals surface area contributed by atoms with Crippen LogP contribution in [-0.2, 0) is 25.2 Å². The molecule has 160 valence electrons. The van der Waals surface area contributed by atoms with Crippen molar-refractivity contribution in [2.45, 2.75) is 23.9 Å². The van der Waals surface area contributed by atoms with Gasteiger partial charge in [0, 0.05) is 19.5 Å². The number of halogens is 5. The van der Waals surface area contributed by atoms with Crippen LogP contribution < -0.4 is 10.2 Å². The summed E-state index contributed by atoms with van der Waals surface area (Å²) in [4.78, 5) is 26.1. The molecule has 1 amide bonds. The summed E-state index contributed by atoms with van der Waals surface area (Å²) in [5.74, 6) is -1.51. The Morgan fingerprint density at radius 1 is 1.28 bits per heavy atom. The minimum absolute atomic E-state index is 0.0237. The van der Waals surface area contributed by atoms with E-state index in [2.05, 4.69) is 5.32 Å². The summed E-state index contributed by atoms with van der Waals surface area (Å²) in [7, 11) is 0. The molecule has 1 atom stereocenters. The maximum atomic E-state index is 13.1. The number of anilines is 2. The van der Waals surface area contributed by atoms with Gasteiger partial charge in [-0.1, -0.05) is 0 Å². The van der Waals surface area contributed by atoms with Gasteiger partial charge < -0.3 is 19.7 Å². The van der Waals surface area contributed by atoms with E-state index in [0.29, 0.717) is 32.0 Å². The molecule has 0 spiro atoms. The van der Waals surface area contributed by atoms with Crippen molar-refractivity contribution in [1.82, 2.24) is 0 Å². The number of amides is 1. The minimum atomic E-state index is -4.57. The molecule has 1 saturated carbocycles.